The average molecular weight is 410 g/mol. The number of benzene rings is 2. The molecule has 1 aliphatic heterocycles. The summed E-state index contributed by atoms with van der Waals surface area (Å²) < 4.78 is 5.65. The second kappa shape index (κ2) is 7.81. The number of fused-ring (bicyclic) bond motifs is 1. The lowest BCUT2D eigenvalue weighted by Gasteiger charge is -2.29. The second-order valence-electron chi connectivity index (χ2n) is 6.34. The van der Waals surface area contributed by atoms with Crippen LogP contribution in [0.15, 0.2) is 60.7 Å². The number of carboxylic acids is 1. The van der Waals surface area contributed by atoms with Gasteiger partial charge in [-0.3, -0.25) is 4.90 Å². The molecule has 2 aromatic carbocycles. The lowest BCUT2D eigenvalue weighted by atomic mass is 10.1. The topological polar surface area (TPSA) is 91.8 Å². The second-order valence-corrected chi connectivity index (χ2v) is 6.78. The molecule has 2 amide bonds. The lowest BCUT2D eigenvalue weighted by molar-refractivity contribution is 0.0697. The zero-order chi connectivity index (χ0) is 20.4. The molecule has 0 saturated carbocycles. The Bertz CT molecular complexity index is 1090. The Morgan fingerprint density at radius 3 is 2.62 bits per heavy atom. The number of ether oxygens (including phenoxy) is 1. The van der Waals surface area contributed by atoms with Gasteiger partial charge in [-0.25, -0.2) is 14.6 Å². The number of pyridine rings is 1. The summed E-state index contributed by atoms with van der Waals surface area (Å²) in [6.45, 7) is 0.693. The van der Waals surface area contributed by atoms with Gasteiger partial charge in [0.2, 0.25) is 5.88 Å². The maximum absolute atomic E-state index is 12.7. The van der Waals surface area contributed by atoms with Crippen LogP contribution in [0.2, 0.25) is 5.02 Å². The number of nitrogens with zero attached hydrogens (tertiary/aromatic N) is 2. The number of amides is 2. The van der Waals surface area contributed by atoms with Crippen molar-refractivity contribution in [1.82, 2.24) is 4.98 Å². The molecule has 3 aromatic rings. The van der Waals surface area contributed by atoms with Gasteiger partial charge in [-0.2, -0.15) is 0 Å². The first-order chi connectivity index (χ1) is 14.0. The van der Waals surface area contributed by atoms with E-state index in [0.29, 0.717) is 41.1 Å². The Morgan fingerprint density at radius 1 is 1.10 bits per heavy atom. The third-order valence-corrected chi connectivity index (χ3v) is 4.67. The predicted octanol–water partition coefficient (Wildman–Crippen LogP) is 4.53. The lowest BCUT2D eigenvalue weighted by Crippen LogP contribution is -2.41. The van der Waals surface area contributed by atoms with Gasteiger partial charge in [0.15, 0.2) is 0 Å². The van der Waals surface area contributed by atoms with Crippen molar-refractivity contribution in [3.63, 3.8) is 0 Å². The minimum Gasteiger partial charge on any atom is -0.478 e. The molecule has 1 aliphatic rings. The third kappa shape index (κ3) is 4.00. The van der Waals surface area contributed by atoms with E-state index in [9.17, 15) is 9.59 Å². The molecule has 0 aliphatic carbocycles. The van der Waals surface area contributed by atoms with Crippen LogP contribution in [-0.2, 0) is 0 Å². The number of aromatic nitrogens is 1. The van der Waals surface area contributed by atoms with Crippen molar-refractivity contribution in [2.24, 2.45) is 0 Å². The summed E-state index contributed by atoms with van der Waals surface area (Å²) in [5, 5.41) is 12.4. The fourth-order valence-electron chi connectivity index (χ4n) is 3.01. The highest BCUT2D eigenvalue weighted by Crippen LogP contribution is 2.33. The van der Waals surface area contributed by atoms with Crippen molar-refractivity contribution < 1.29 is 19.4 Å². The Morgan fingerprint density at radius 2 is 1.90 bits per heavy atom. The minimum absolute atomic E-state index is 0.201. The Hall–Kier alpha value is -3.58. The van der Waals surface area contributed by atoms with Crippen molar-refractivity contribution in [2.45, 2.75) is 0 Å². The van der Waals surface area contributed by atoms with Crippen LogP contribution in [0, 0.1) is 0 Å². The van der Waals surface area contributed by atoms with E-state index in [1.807, 2.05) is 0 Å². The molecule has 0 bridgehead atoms. The quantitative estimate of drug-likeness (QED) is 0.663. The molecule has 1 aromatic heterocycles. The van der Waals surface area contributed by atoms with E-state index in [1.54, 1.807) is 53.4 Å². The maximum atomic E-state index is 12.7. The first-order valence-corrected chi connectivity index (χ1v) is 9.21. The minimum atomic E-state index is -0.986. The summed E-state index contributed by atoms with van der Waals surface area (Å²) in [6.07, 6.45) is 0. The summed E-state index contributed by atoms with van der Waals surface area (Å²) in [5.41, 5.74) is 2.73. The number of carbonyl (C=O) groups excluding carboxylic acids is 1. The van der Waals surface area contributed by atoms with Gasteiger partial charge in [-0.05, 0) is 42.5 Å². The molecule has 2 heterocycles. The molecule has 0 saturated heterocycles. The normalized spacial score (nSPS) is 12.7. The van der Waals surface area contributed by atoms with Crippen LogP contribution in [0.5, 0.6) is 5.88 Å². The van der Waals surface area contributed by atoms with Gasteiger partial charge in [-0.15, -0.1) is 0 Å². The Labute approximate surface area is 171 Å². The van der Waals surface area contributed by atoms with E-state index in [2.05, 4.69) is 10.3 Å². The third-order valence-electron chi connectivity index (χ3n) is 4.43. The molecule has 0 fully saturated rings. The summed E-state index contributed by atoms with van der Waals surface area (Å²) in [4.78, 5) is 29.8. The van der Waals surface area contributed by atoms with E-state index >= 15 is 0 Å². The number of halogens is 1. The predicted molar refractivity (Wildman–Crippen MR) is 110 cm³/mol. The zero-order valence-electron chi connectivity index (χ0n) is 15.1. The van der Waals surface area contributed by atoms with Crippen molar-refractivity contribution >= 4 is 35.0 Å². The maximum Gasteiger partial charge on any atom is 0.335 e. The molecule has 146 valence electrons. The van der Waals surface area contributed by atoms with Crippen LogP contribution in [0.1, 0.15) is 10.4 Å². The average Bonchev–Trinajstić information content (AvgIpc) is 2.73. The monoisotopic (exact) mass is 409 g/mol. The number of anilines is 2. The van der Waals surface area contributed by atoms with Crippen molar-refractivity contribution in [1.29, 1.82) is 0 Å². The van der Waals surface area contributed by atoms with Gasteiger partial charge >= 0.3 is 12.0 Å². The van der Waals surface area contributed by atoms with E-state index in [-0.39, 0.29) is 11.6 Å². The molecule has 29 heavy (non-hydrogen) atoms. The molecule has 0 atom stereocenters. The van der Waals surface area contributed by atoms with Crippen molar-refractivity contribution in [2.75, 3.05) is 23.4 Å². The summed E-state index contributed by atoms with van der Waals surface area (Å²) in [7, 11) is 0. The molecule has 4 rings (SSSR count). The van der Waals surface area contributed by atoms with Crippen LogP contribution < -0.4 is 15.0 Å². The number of nitrogens with one attached hydrogen (secondary N) is 1. The van der Waals surface area contributed by atoms with Gasteiger partial charge < -0.3 is 15.2 Å². The first-order valence-electron chi connectivity index (χ1n) is 8.83. The number of carbonyl (C=O) groups is 2. The molecular formula is C21H16ClN3O4. The van der Waals surface area contributed by atoms with Crippen LogP contribution in [0.3, 0.4) is 0 Å². The smallest absolute Gasteiger partial charge is 0.335 e. The molecule has 8 heteroatoms. The largest absolute Gasteiger partial charge is 0.478 e. The number of urea groups is 1. The van der Waals surface area contributed by atoms with Gasteiger partial charge in [0.05, 0.1) is 17.8 Å². The SMILES string of the molecule is O=C(O)c1ccc(-c2ccc3c(n2)OCCN3C(=O)Nc2cccc(Cl)c2)cc1. The first kappa shape index (κ1) is 18.8. The number of aromatic carboxylic acids is 1. The van der Waals surface area contributed by atoms with Crippen LogP contribution in [0.25, 0.3) is 11.3 Å². The number of carboxylic acid groups (broad SMARTS) is 1. The van der Waals surface area contributed by atoms with Crippen LogP contribution in [-0.4, -0.2) is 35.2 Å². The van der Waals surface area contributed by atoms with E-state index < -0.39 is 5.97 Å². The summed E-state index contributed by atoms with van der Waals surface area (Å²) in [6, 6.07) is 16.5. The highest BCUT2D eigenvalue weighted by molar-refractivity contribution is 6.30. The Kier molecular flexibility index (Phi) is 5.05. The van der Waals surface area contributed by atoms with Gasteiger partial charge in [0, 0.05) is 16.3 Å². The van der Waals surface area contributed by atoms with Crippen LogP contribution >= 0.6 is 11.6 Å². The Balaban J connectivity index is 1.58. The van der Waals surface area contributed by atoms with Gasteiger partial charge in [0.25, 0.3) is 0 Å². The summed E-state index contributed by atoms with van der Waals surface area (Å²) >= 11 is 5.97. The fourth-order valence-corrected chi connectivity index (χ4v) is 3.20. The van der Waals surface area contributed by atoms with Crippen LogP contribution in [0.4, 0.5) is 16.2 Å². The number of rotatable bonds is 3. The standard InChI is InChI=1S/C21H16ClN3O4/c22-15-2-1-3-16(12-15)23-21(28)25-10-11-29-19-18(25)9-8-17(24-19)13-4-6-14(7-5-13)20(26)27/h1-9,12H,10-11H2,(H,23,28)(H,26,27). The van der Waals surface area contributed by atoms with E-state index in [0.717, 1.165) is 5.56 Å². The number of hydrogen-bond donors (Lipinski definition) is 2. The zero-order valence-corrected chi connectivity index (χ0v) is 15.9. The number of hydrogen-bond acceptors (Lipinski definition) is 4. The molecule has 7 nitrogen and oxygen atoms in total. The highest BCUT2D eigenvalue weighted by atomic mass is 35.5. The summed E-state index contributed by atoms with van der Waals surface area (Å²) in [5.74, 6) is -0.642. The van der Waals surface area contributed by atoms with E-state index in [4.69, 9.17) is 21.4 Å². The molecule has 0 radical (unpaired) electrons. The molecule has 0 spiro atoms. The highest BCUT2D eigenvalue weighted by Gasteiger charge is 2.25. The van der Waals surface area contributed by atoms with Crippen molar-refractivity contribution in [3.8, 4) is 17.1 Å². The van der Waals surface area contributed by atoms with Gasteiger partial charge in [0.1, 0.15) is 12.3 Å². The molecular weight excluding hydrogens is 394 g/mol. The van der Waals surface area contributed by atoms with Gasteiger partial charge in [-0.1, -0.05) is 29.8 Å². The fraction of sp³-hybridized carbons (Fsp3) is 0.0952. The van der Waals surface area contributed by atoms with E-state index in [1.165, 1.54) is 12.1 Å². The molecule has 0 unspecified atom stereocenters. The molecule has 2 N–H and O–H groups in total. The van der Waals surface area contributed by atoms with Crippen molar-refractivity contribution in [3.05, 3.63) is 71.2 Å².